The summed E-state index contributed by atoms with van der Waals surface area (Å²) in [5, 5.41) is 12.7. The number of rotatable bonds is 4. The SMILES string of the molecule is Nc1c(NC2CCC(O)CC2)c(=O)[nH]c(=O)n1Cc1ccccc1. The zero-order valence-corrected chi connectivity index (χ0v) is 13.4. The van der Waals surface area contributed by atoms with Gasteiger partial charge >= 0.3 is 5.69 Å². The highest BCUT2D eigenvalue weighted by molar-refractivity contribution is 5.61. The lowest BCUT2D eigenvalue weighted by Gasteiger charge is -2.27. The number of aliphatic hydroxyl groups excluding tert-OH is 1. The Bertz CT molecular complexity index is 805. The number of hydrogen-bond donors (Lipinski definition) is 4. The van der Waals surface area contributed by atoms with Crippen LogP contribution >= 0.6 is 0 Å². The van der Waals surface area contributed by atoms with Gasteiger partial charge in [-0.2, -0.15) is 0 Å². The quantitative estimate of drug-likeness (QED) is 0.665. The second-order valence-corrected chi connectivity index (χ2v) is 6.24. The summed E-state index contributed by atoms with van der Waals surface area (Å²) in [6.45, 7) is 0.292. The van der Waals surface area contributed by atoms with Crippen molar-refractivity contribution >= 4 is 11.5 Å². The average molecular weight is 330 g/mol. The third kappa shape index (κ3) is 3.51. The third-order valence-electron chi connectivity index (χ3n) is 4.47. The van der Waals surface area contributed by atoms with Crippen LogP contribution in [0.25, 0.3) is 0 Å². The van der Waals surface area contributed by atoms with E-state index in [-0.39, 0.29) is 23.7 Å². The maximum atomic E-state index is 12.1. The molecule has 3 rings (SSSR count). The van der Waals surface area contributed by atoms with Gasteiger partial charge in [0, 0.05) is 6.04 Å². The molecule has 0 unspecified atom stereocenters. The zero-order valence-electron chi connectivity index (χ0n) is 13.4. The molecule has 0 atom stereocenters. The first kappa shape index (κ1) is 16.3. The molecule has 1 aliphatic carbocycles. The largest absolute Gasteiger partial charge is 0.393 e. The second kappa shape index (κ2) is 6.92. The third-order valence-corrected chi connectivity index (χ3v) is 4.47. The summed E-state index contributed by atoms with van der Waals surface area (Å²) in [5.74, 6) is 0.138. The zero-order chi connectivity index (χ0) is 17.1. The molecular weight excluding hydrogens is 308 g/mol. The van der Waals surface area contributed by atoms with Crippen molar-refractivity contribution in [3.63, 3.8) is 0 Å². The maximum absolute atomic E-state index is 12.1. The van der Waals surface area contributed by atoms with Crippen LogP contribution in [0.15, 0.2) is 39.9 Å². The van der Waals surface area contributed by atoms with Gasteiger partial charge in [-0.1, -0.05) is 30.3 Å². The number of aromatic nitrogens is 2. The number of benzene rings is 1. The molecule has 1 aromatic heterocycles. The van der Waals surface area contributed by atoms with Crippen molar-refractivity contribution in [3.8, 4) is 0 Å². The van der Waals surface area contributed by atoms with Crippen molar-refractivity contribution in [1.82, 2.24) is 9.55 Å². The van der Waals surface area contributed by atoms with Crippen LogP contribution in [-0.4, -0.2) is 26.8 Å². The average Bonchev–Trinajstić information content (AvgIpc) is 2.58. The Kier molecular flexibility index (Phi) is 4.71. The molecule has 0 aliphatic heterocycles. The number of hydrogen-bond acceptors (Lipinski definition) is 5. The molecule has 1 aromatic carbocycles. The standard InChI is InChI=1S/C17H22N4O3/c18-15-14(19-12-6-8-13(22)9-7-12)16(23)20-17(24)21(15)10-11-4-2-1-3-5-11/h1-5,12-13,19,22H,6-10,18H2,(H,20,23,24). The Labute approximate surface area is 139 Å². The highest BCUT2D eigenvalue weighted by Gasteiger charge is 2.22. The van der Waals surface area contributed by atoms with E-state index in [1.165, 1.54) is 4.57 Å². The van der Waals surface area contributed by atoms with E-state index in [0.717, 1.165) is 18.4 Å². The van der Waals surface area contributed by atoms with E-state index >= 15 is 0 Å². The molecule has 0 saturated heterocycles. The molecule has 0 radical (unpaired) electrons. The summed E-state index contributed by atoms with van der Waals surface area (Å²) < 4.78 is 1.36. The van der Waals surface area contributed by atoms with E-state index in [1.54, 1.807) is 0 Å². The van der Waals surface area contributed by atoms with Crippen LogP contribution in [0, 0.1) is 0 Å². The van der Waals surface area contributed by atoms with E-state index in [2.05, 4.69) is 10.3 Å². The summed E-state index contributed by atoms with van der Waals surface area (Å²) in [5.41, 5.74) is 6.23. The van der Waals surface area contributed by atoms with Gasteiger partial charge in [-0.05, 0) is 31.2 Å². The molecule has 1 saturated carbocycles. The van der Waals surface area contributed by atoms with E-state index in [9.17, 15) is 14.7 Å². The fraction of sp³-hybridized carbons (Fsp3) is 0.412. The smallest absolute Gasteiger partial charge is 0.330 e. The molecule has 128 valence electrons. The number of nitrogens with two attached hydrogens (primary N) is 1. The summed E-state index contributed by atoms with van der Waals surface area (Å²) >= 11 is 0. The normalized spacial score (nSPS) is 20.7. The van der Waals surface area contributed by atoms with Gasteiger partial charge < -0.3 is 16.2 Å². The van der Waals surface area contributed by atoms with E-state index < -0.39 is 11.2 Å². The number of H-pyrrole nitrogens is 1. The van der Waals surface area contributed by atoms with Crippen molar-refractivity contribution in [1.29, 1.82) is 0 Å². The van der Waals surface area contributed by atoms with Gasteiger partial charge in [-0.3, -0.25) is 14.3 Å². The Morgan fingerprint density at radius 3 is 2.50 bits per heavy atom. The van der Waals surface area contributed by atoms with Gasteiger partial charge in [-0.25, -0.2) is 4.79 Å². The molecular formula is C17H22N4O3. The fourth-order valence-corrected chi connectivity index (χ4v) is 3.07. The molecule has 5 N–H and O–H groups in total. The molecule has 0 bridgehead atoms. The van der Waals surface area contributed by atoms with Crippen LogP contribution in [0.5, 0.6) is 0 Å². The fourth-order valence-electron chi connectivity index (χ4n) is 3.07. The van der Waals surface area contributed by atoms with Crippen molar-refractivity contribution in [2.75, 3.05) is 11.1 Å². The molecule has 24 heavy (non-hydrogen) atoms. The molecule has 2 aromatic rings. The minimum absolute atomic E-state index is 0.0690. The lowest BCUT2D eigenvalue weighted by Crippen LogP contribution is -2.37. The second-order valence-electron chi connectivity index (χ2n) is 6.24. The highest BCUT2D eigenvalue weighted by Crippen LogP contribution is 2.23. The number of nitrogen functional groups attached to an aromatic ring is 1. The number of nitrogens with zero attached hydrogens (tertiary/aromatic N) is 1. The molecule has 1 aliphatic rings. The molecule has 1 fully saturated rings. The van der Waals surface area contributed by atoms with Crippen LogP contribution in [0.3, 0.4) is 0 Å². The molecule has 7 heteroatoms. The van der Waals surface area contributed by atoms with Gasteiger partial charge in [0.2, 0.25) is 0 Å². The predicted octanol–water partition coefficient (Wildman–Crippen LogP) is 0.882. The Morgan fingerprint density at radius 1 is 1.17 bits per heavy atom. The molecule has 0 spiro atoms. The Hall–Kier alpha value is -2.54. The molecule has 7 nitrogen and oxygen atoms in total. The first-order valence-electron chi connectivity index (χ1n) is 8.15. The minimum atomic E-state index is -0.522. The topological polar surface area (TPSA) is 113 Å². The van der Waals surface area contributed by atoms with Gasteiger partial charge in [0.25, 0.3) is 5.56 Å². The van der Waals surface area contributed by atoms with Crippen LogP contribution in [0.4, 0.5) is 11.5 Å². The first-order valence-corrected chi connectivity index (χ1v) is 8.15. The monoisotopic (exact) mass is 330 g/mol. The van der Waals surface area contributed by atoms with Crippen molar-refractivity contribution in [3.05, 3.63) is 56.7 Å². The lowest BCUT2D eigenvalue weighted by atomic mass is 9.93. The van der Waals surface area contributed by atoms with Crippen LogP contribution < -0.4 is 22.3 Å². The van der Waals surface area contributed by atoms with Gasteiger partial charge in [-0.15, -0.1) is 0 Å². The molecule has 0 amide bonds. The maximum Gasteiger partial charge on any atom is 0.330 e. The van der Waals surface area contributed by atoms with Gasteiger partial charge in [0.15, 0.2) is 0 Å². The minimum Gasteiger partial charge on any atom is -0.393 e. The Balaban J connectivity index is 1.88. The van der Waals surface area contributed by atoms with Gasteiger partial charge in [0.05, 0.1) is 12.6 Å². The van der Waals surface area contributed by atoms with Crippen molar-refractivity contribution in [2.24, 2.45) is 0 Å². The number of anilines is 2. The Morgan fingerprint density at radius 2 is 1.83 bits per heavy atom. The number of nitrogens with one attached hydrogen (secondary N) is 2. The number of aromatic amines is 1. The van der Waals surface area contributed by atoms with Crippen molar-refractivity contribution < 1.29 is 5.11 Å². The van der Waals surface area contributed by atoms with E-state index in [1.807, 2.05) is 30.3 Å². The summed E-state index contributed by atoms with van der Waals surface area (Å²) in [6, 6.07) is 9.52. The predicted molar refractivity (Wildman–Crippen MR) is 93.2 cm³/mol. The van der Waals surface area contributed by atoms with Crippen LogP contribution in [0.2, 0.25) is 0 Å². The number of aliphatic hydroxyl groups is 1. The summed E-state index contributed by atoms with van der Waals surface area (Å²) in [7, 11) is 0. The summed E-state index contributed by atoms with van der Waals surface area (Å²) in [4.78, 5) is 26.6. The van der Waals surface area contributed by atoms with Crippen LogP contribution in [-0.2, 0) is 6.54 Å². The van der Waals surface area contributed by atoms with E-state index in [0.29, 0.717) is 19.4 Å². The lowest BCUT2D eigenvalue weighted by molar-refractivity contribution is 0.126. The van der Waals surface area contributed by atoms with Crippen LogP contribution in [0.1, 0.15) is 31.2 Å². The molecule has 1 heterocycles. The summed E-state index contributed by atoms with van der Waals surface area (Å²) in [6.07, 6.45) is 2.64. The van der Waals surface area contributed by atoms with Gasteiger partial charge in [0.1, 0.15) is 11.5 Å². The highest BCUT2D eigenvalue weighted by atomic mass is 16.3. The van der Waals surface area contributed by atoms with Crippen molar-refractivity contribution in [2.45, 2.75) is 44.4 Å². The first-order chi connectivity index (χ1) is 11.5. The van der Waals surface area contributed by atoms with E-state index in [4.69, 9.17) is 5.73 Å².